The third-order valence-corrected chi connectivity index (χ3v) is 6.15. The minimum atomic E-state index is -0.723. The van der Waals surface area contributed by atoms with Crippen LogP contribution in [0.25, 0.3) is 16.5 Å². The molecular weight excluding hydrogens is 489 g/mol. The van der Waals surface area contributed by atoms with Crippen molar-refractivity contribution >= 4 is 39.0 Å². The number of methoxy groups -OCH3 is 2. The van der Waals surface area contributed by atoms with Gasteiger partial charge in [0.25, 0.3) is 5.56 Å². The molecule has 0 bridgehead atoms. The Morgan fingerprint density at radius 2 is 1.81 bits per heavy atom. The first-order valence-electron chi connectivity index (χ1n) is 10.8. The molecule has 9 nitrogen and oxygen atoms in total. The Bertz CT molecular complexity index is 1500. The Hall–Kier alpha value is -4.25. The van der Waals surface area contributed by atoms with Gasteiger partial charge < -0.3 is 19.5 Å². The molecule has 0 atom stereocenters. The molecule has 1 amide bonds. The molecule has 2 aromatic heterocycles. The molecule has 0 saturated heterocycles. The Kier molecular flexibility index (Phi) is 7.30. The van der Waals surface area contributed by atoms with Gasteiger partial charge in [-0.25, -0.2) is 9.18 Å². The second-order valence-corrected chi connectivity index (χ2v) is 8.41. The lowest BCUT2D eigenvalue weighted by atomic mass is 10.1. The van der Waals surface area contributed by atoms with Crippen LogP contribution in [-0.4, -0.2) is 42.5 Å². The molecule has 4 aromatic rings. The lowest BCUT2D eigenvalue weighted by Crippen LogP contribution is -2.25. The summed E-state index contributed by atoms with van der Waals surface area (Å²) in [5, 5.41) is 9.12. The smallest absolute Gasteiger partial charge is 0.359 e. The van der Waals surface area contributed by atoms with Crippen molar-refractivity contribution in [2.75, 3.05) is 26.1 Å². The van der Waals surface area contributed by atoms with Gasteiger partial charge in [-0.05, 0) is 48.9 Å². The van der Waals surface area contributed by atoms with Gasteiger partial charge in [-0.3, -0.25) is 9.59 Å². The SMILES string of the molecule is CCOC(=O)c1nn(-c2ccc(F)cc2)c(=O)c2c(NC(=O)Cc3ccc(OC)c(OC)c3)scc12. The van der Waals surface area contributed by atoms with Crippen LogP contribution in [0.1, 0.15) is 23.0 Å². The molecule has 0 spiro atoms. The maximum Gasteiger partial charge on any atom is 0.359 e. The average Bonchev–Trinajstić information content (AvgIpc) is 3.28. The van der Waals surface area contributed by atoms with Crippen LogP contribution in [0.2, 0.25) is 0 Å². The topological polar surface area (TPSA) is 109 Å². The number of hydrogen-bond acceptors (Lipinski definition) is 8. The van der Waals surface area contributed by atoms with Crippen molar-refractivity contribution in [3.63, 3.8) is 0 Å². The third-order valence-electron chi connectivity index (χ3n) is 5.26. The van der Waals surface area contributed by atoms with Crippen LogP contribution in [0.5, 0.6) is 11.5 Å². The van der Waals surface area contributed by atoms with Gasteiger partial charge >= 0.3 is 5.97 Å². The molecule has 2 aromatic carbocycles. The van der Waals surface area contributed by atoms with E-state index in [-0.39, 0.29) is 46.1 Å². The van der Waals surface area contributed by atoms with Crippen LogP contribution in [-0.2, 0) is 16.0 Å². The van der Waals surface area contributed by atoms with Gasteiger partial charge in [0.2, 0.25) is 5.91 Å². The number of halogens is 1. The Morgan fingerprint density at radius 3 is 2.47 bits per heavy atom. The van der Waals surface area contributed by atoms with Crippen molar-refractivity contribution in [1.82, 2.24) is 9.78 Å². The average molecular weight is 512 g/mol. The third kappa shape index (κ3) is 4.91. The molecule has 2 heterocycles. The zero-order valence-corrected chi connectivity index (χ0v) is 20.5. The number of carbonyl (C=O) groups excluding carboxylic acids is 2. The molecule has 0 fully saturated rings. The van der Waals surface area contributed by atoms with Gasteiger partial charge in [0.1, 0.15) is 10.8 Å². The van der Waals surface area contributed by atoms with Gasteiger partial charge in [-0.2, -0.15) is 9.78 Å². The highest BCUT2D eigenvalue weighted by Crippen LogP contribution is 2.31. The van der Waals surface area contributed by atoms with Gasteiger partial charge in [0, 0.05) is 10.8 Å². The quantitative estimate of drug-likeness (QED) is 0.357. The number of amides is 1. The van der Waals surface area contributed by atoms with Crippen LogP contribution in [0.15, 0.2) is 52.6 Å². The summed E-state index contributed by atoms with van der Waals surface area (Å²) in [6.07, 6.45) is 0.00170. The van der Waals surface area contributed by atoms with Crippen molar-refractivity contribution < 1.29 is 28.2 Å². The summed E-state index contributed by atoms with van der Waals surface area (Å²) in [7, 11) is 3.02. The van der Waals surface area contributed by atoms with E-state index in [0.29, 0.717) is 17.1 Å². The number of ether oxygens (including phenoxy) is 3. The van der Waals surface area contributed by atoms with Gasteiger partial charge in [-0.15, -0.1) is 11.3 Å². The van der Waals surface area contributed by atoms with E-state index < -0.39 is 17.3 Å². The predicted octanol–water partition coefficient (Wildman–Crippen LogP) is 3.96. The van der Waals surface area contributed by atoms with E-state index in [9.17, 15) is 18.8 Å². The zero-order chi connectivity index (χ0) is 25.8. The van der Waals surface area contributed by atoms with E-state index in [1.807, 2.05) is 0 Å². The van der Waals surface area contributed by atoms with Crippen molar-refractivity contribution in [2.24, 2.45) is 0 Å². The minimum Gasteiger partial charge on any atom is -0.493 e. The van der Waals surface area contributed by atoms with Crippen molar-refractivity contribution in [3.05, 3.63) is 75.3 Å². The predicted molar refractivity (Wildman–Crippen MR) is 133 cm³/mol. The van der Waals surface area contributed by atoms with Crippen LogP contribution in [0.3, 0.4) is 0 Å². The monoisotopic (exact) mass is 511 g/mol. The number of anilines is 1. The van der Waals surface area contributed by atoms with Gasteiger partial charge in [-0.1, -0.05) is 6.07 Å². The highest BCUT2D eigenvalue weighted by Gasteiger charge is 2.23. The lowest BCUT2D eigenvalue weighted by Gasteiger charge is -2.11. The van der Waals surface area contributed by atoms with Crippen LogP contribution < -0.4 is 20.3 Å². The lowest BCUT2D eigenvalue weighted by molar-refractivity contribution is -0.115. The summed E-state index contributed by atoms with van der Waals surface area (Å²) >= 11 is 1.09. The normalized spacial score (nSPS) is 10.8. The first-order chi connectivity index (χ1) is 17.4. The molecule has 0 aliphatic rings. The van der Waals surface area contributed by atoms with Crippen molar-refractivity contribution in [1.29, 1.82) is 0 Å². The van der Waals surface area contributed by atoms with E-state index in [2.05, 4.69) is 10.4 Å². The fourth-order valence-electron chi connectivity index (χ4n) is 3.60. The van der Waals surface area contributed by atoms with Crippen LogP contribution in [0.4, 0.5) is 9.39 Å². The van der Waals surface area contributed by atoms with E-state index in [1.54, 1.807) is 30.5 Å². The minimum absolute atomic E-state index is 0.00170. The number of aromatic nitrogens is 2. The number of nitrogens with one attached hydrogen (secondary N) is 1. The molecule has 0 radical (unpaired) electrons. The number of nitrogens with zero attached hydrogens (tertiary/aromatic N) is 2. The molecule has 0 aliphatic heterocycles. The van der Waals surface area contributed by atoms with Crippen molar-refractivity contribution in [3.8, 4) is 17.2 Å². The maximum absolute atomic E-state index is 13.4. The van der Waals surface area contributed by atoms with Crippen molar-refractivity contribution in [2.45, 2.75) is 13.3 Å². The number of esters is 1. The molecular formula is C25H22FN3O6S. The second kappa shape index (κ2) is 10.6. The van der Waals surface area contributed by atoms with E-state index in [0.717, 1.165) is 16.0 Å². The fraction of sp³-hybridized carbons (Fsp3) is 0.200. The number of rotatable bonds is 8. The van der Waals surface area contributed by atoms with Crippen LogP contribution in [0, 0.1) is 5.82 Å². The number of carbonyl (C=O) groups is 2. The highest BCUT2D eigenvalue weighted by molar-refractivity contribution is 7.16. The summed E-state index contributed by atoms with van der Waals surface area (Å²) in [5.74, 6) is -0.576. The van der Waals surface area contributed by atoms with E-state index in [1.165, 1.54) is 38.5 Å². The summed E-state index contributed by atoms with van der Waals surface area (Å²) in [6, 6.07) is 10.2. The number of hydrogen-bond donors (Lipinski definition) is 1. The van der Waals surface area contributed by atoms with E-state index in [4.69, 9.17) is 14.2 Å². The van der Waals surface area contributed by atoms with Gasteiger partial charge in [0.05, 0.1) is 38.3 Å². The molecule has 36 heavy (non-hydrogen) atoms. The molecule has 0 saturated carbocycles. The largest absolute Gasteiger partial charge is 0.493 e. The maximum atomic E-state index is 13.4. The second-order valence-electron chi connectivity index (χ2n) is 7.53. The first kappa shape index (κ1) is 24.9. The molecule has 4 rings (SSSR count). The number of benzene rings is 2. The fourth-order valence-corrected chi connectivity index (χ4v) is 4.55. The number of thiophene rings is 1. The Balaban J connectivity index is 1.74. The molecule has 0 unspecified atom stereocenters. The summed E-state index contributed by atoms with van der Waals surface area (Å²) in [6.45, 7) is 1.76. The summed E-state index contributed by atoms with van der Waals surface area (Å²) in [5.41, 5.74) is 0.256. The molecule has 186 valence electrons. The molecule has 1 N–H and O–H groups in total. The standard InChI is InChI=1S/C25H22FN3O6S/c1-4-35-25(32)22-17-13-36-23(21(17)24(31)29(28-22)16-8-6-15(26)7-9-16)27-20(30)12-14-5-10-18(33-2)19(11-14)34-3/h5-11,13H,4,12H2,1-3H3,(H,27,30). The zero-order valence-electron chi connectivity index (χ0n) is 19.7. The van der Waals surface area contributed by atoms with Crippen LogP contribution >= 0.6 is 11.3 Å². The molecule has 11 heteroatoms. The molecule has 0 aliphatic carbocycles. The summed E-state index contributed by atoms with van der Waals surface area (Å²) in [4.78, 5) is 38.9. The Labute approximate surface area is 209 Å². The number of fused-ring (bicyclic) bond motifs is 1. The van der Waals surface area contributed by atoms with E-state index >= 15 is 0 Å². The highest BCUT2D eigenvalue weighted by atomic mass is 32.1. The van der Waals surface area contributed by atoms with Gasteiger partial charge in [0.15, 0.2) is 17.2 Å². The first-order valence-corrected chi connectivity index (χ1v) is 11.7. The summed E-state index contributed by atoms with van der Waals surface area (Å²) < 4.78 is 30.1. The Morgan fingerprint density at radius 1 is 1.08 bits per heavy atom.